The van der Waals surface area contributed by atoms with Crippen LogP contribution in [0.3, 0.4) is 0 Å². The van der Waals surface area contributed by atoms with Crippen LogP contribution in [0.4, 0.5) is 5.69 Å². The lowest BCUT2D eigenvalue weighted by Gasteiger charge is -2.03. The van der Waals surface area contributed by atoms with E-state index in [9.17, 15) is 18.5 Å². The number of hydrogen-bond acceptors (Lipinski definition) is 4. The second-order valence-corrected chi connectivity index (χ2v) is 4.52. The Labute approximate surface area is 87.1 Å². The first-order valence-electron chi connectivity index (χ1n) is 4.21. The molecule has 0 fully saturated rings. The van der Waals surface area contributed by atoms with Gasteiger partial charge in [0.05, 0.1) is 9.82 Å². The van der Waals surface area contributed by atoms with Crippen LogP contribution in [0.2, 0.25) is 0 Å². The predicted octanol–water partition coefficient (Wildman–Crippen LogP) is 0.893. The number of nitrogens with one attached hydrogen (secondary N) is 1. The first-order chi connectivity index (χ1) is 6.97. The monoisotopic (exact) mass is 230 g/mol. The van der Waals surface area contributed by atoms with E-state index in [4.69, 9.17) is 0 Å². The van der Waals surface area contributed by atoms with Crippen LogP contribution in [0, 0.1) is 10.1 Å². The molecule has 1 aromatic carbocycles. The van der Waals surface area contributed by atoms with Gasteiger partial charge in [0.15, 0.2) is 0 Å². The highest BCUT2D eigenvalue weighted by Gasteiger charge is 2.13. The molecule has 0 bridgehead atoms. The molecule has 0 aliphatic heterocycles. The molecule has 0 amide bonds. The van der Waals surface area contributed by atoms with Gasteiger partial charge in [-0.25, -0.2) is 13.1 Å². The fourth-order valence-corrected chi connectivity index (χ4v) is 2.06. The zero-order valence-corrected chi connectivity index (χ0v) is 8.82. The van der Waals surface area contributed by atoms with Crippen LogP contribution in [-0.2, 0) is 10.0 Å². The molecule has 0 atom stereocenters. The maximum Gasteiger partial charge on any atom is 0.269 e. The molecule has 0 unspecified atom stereocenters. The van der Waals surface area contributed by atoms with E-state index in [-0.39, 0.29) is 17.1 Å². The summed E-state index contributed by atoms with van der Waals surface area (Å²) in [6.07, 6.45) is 0. The second-order valence-electron chi connectivity index (χ2n) is 2.75. The molecule has 1 rings (SSSR count). The molecule has 1 aromatic rings. The molecule has 15 heavy (non-hydrogen) atoms. The van der Waals surface area contributed by atoms with Crippen molar-refractivity contribution in [2.24, 2.45) is 0 Å². The lowest BCUT2D eigenvalue weighted by atomic mass is 10.3. The summed E-state index contributed by atoms with van der Waals surface area (Å²) in [6.45, 7) is 1.93. The molecule has 6 nitrogen and oxygen atoms in total. The number of benzene rings is 1. The molecular formula is C8H10N2O4S. The van der Waals surface area contributed by atoms with Gasteiger partial charge in [-0.2, -0.15) is 0 Å². The van der Waals surface area contributed by atoms with Crippen molar-refractivity contribution in [1.29, 1.82) is 0 Å². The summed E-state index contributed by atoms with van der Waals surface area (Å²) in [6, 6.07) is 4.72. The van der Waals surface area contributed by atoms with Gasteiger partial charge >= 0.3 is 0 Å². The molecule has 0 radical (unpaired) electrons. The number of hydrogen-bond donors (Lipinski definition) is 1. The summed E-state index contributed by atoms with van der Waals surface area (Å²) in [7, 11) is -3.53. The molecular weight excluding hydrogens is 220 g/mol. The number of rotatable bonds is 4. The highest BCUT2D eigenvalue weighted by molar-refractivity contribution is 7.89. The quantitative estimate of drug-likeness (QED) is 0.614. The molecule has 1 N–H and O–H groups in total. The third-order valence-corrected chi connectivity index (χ3v) is 3.25. The number of nitrogens with zero attached hydrogens (tertiary/aromatic N) is 1. The summed E-state index contributed by atoms with van der Waals surface area (Å²) in [5.74, 6) is 0. The minimum Gasteiger partial charge on any atom is -0.258 e. The van der Waals surface area contributed by atoms with Gasteiger partial charge in [-0.15, -0.1) is 0 Å². The molecule has 0 aliphatic rings. The average Bonchev–Trinajstić information content (AvgIpc) is 2.18. The van der Waals surface area contributed by atoms with Gasteiger partial charge in [-0.3, -0.25) is 10.1 Å². The van der Waals surface area contributed by atoms with Crippen molar-refractivity contribution in [3.05, 3.63) is 34.4 Å². The molecule has 0 saturated heterocycles. The summed E-state index contributed by atoms with van der Waals surface area (Å²) in [5.41, 5.74) is -0.134. The minimum absolute atomic E-state index is 0.0231. The van der Waals surface area contributed by atoms with Crippen molar-refractivity contribution in [2.45, 2.75) is 11.8 Å². The van der Waals surface area contributed by atoms with E-state index in [1.54, 1.807) is 6.92 Å². The maximum atomic E-state index is 11.4. The van der Waals surface area contributed by atoms with Crippen LogP contribution in [0.5, 0.6) is 0 Å². The van der Waals surface area contributed by atoms with Crippen molar-refractivity contribution < 1.29 is 13.3 Å². The molecule has 0 aromatic heterocycles. The van der Waals surface area contributed by atoms with Gasteiger partial charge < -0.3 is 0 Å². The first kappa shape index (κ1) is 11.6. The van der Waals surface area contributed by atoms with Crippen molar-refractivity contribution in [3.63, 3.8) is 0 Å². The summed E-state index contributed by atoms with van der Waals surface area (Å²) >= 11 is 0. The van der Waals surface area contributed by atoms with Crippen molar-refractivity contribution in [1.82, 2.24) is 4.72 Å². The Balaban J connectivity index is 3.04. The zero-order valence-electron chi connectivity index (χ0n) is 8.00. The highest BCUT2D eigenvalue weighted by Crippen LogP contribution is 2.15. The normalized spacial score (nSPS) is 11.3. The van der Waals surface area contributed by atoms with Crippen LogP contribution in [-0.4, -0.2) is 19.9 Å². The highest BCUT2D eigenvalue weighted by atomic mass is 32.2. The Morgan fingerprint density at radius 2 is 1.87 bits per heavy atom. The van der Waals surface area contributed by atoms with Gasteiger partial charge in [0.25, 0.3) is 5.69 Å². The van der Waals surface area contributed by atoms with Gasteiger partial charge in [0.2, 0.25) is 10.0 Å². The Morgan fingerprint density at radius 1 is 1.33 bits per heavy atom. The van der Waals surface area contributed by atoms with E-state index < -0.39 is 14.9 Å². The van der Waals surface area contributed by atoms with Crippen molar-refractivity contribution >= 4 is 15.7 Å². The van der Waals surface area contributed by atoms with E-state index in [2.05, 4.69) is 4.72 Å². The smallest absolute Gasteiger partial charge is 0.258 e. The second kappa shape index (κ2) is 4.37. The number of nitro groups is 1. The van der Waals surface area contributed by atoms with Gasteiger partial charge in [-0.1, -0.05) is 6.92 Å². The molecule has 7 heteroatoms. The number of nitro benzene ring substituents is 1. The van der Waals surface area contributed by atoms with Gasteiger partial charge in [-0.05, 0) is 12.1 Å². The lowest BCUT2D eigenvalue weighted by molar-refractivity contribution is -0.384. The van der Waals surface area contributed by atoms with Crippen LogP contribution in [0.15, 0.2) is 29.2 Å². The molecule has 0 aliphatic carbocycles. The standard InChI is InChI=1S/C8H10N2O4S/c1-2-9-15(13,14)8-5-3-7(4-6-8)10(11)12/h3-6,9H,2H2,1H3. The SMILES string of the molecule is CCNS(=O)(=O)c1ccc([N+](=O)[O-])cc1. The molecule has 82 valence electrons. The number of non-ortho nitro benzene ring substituents is 1. The Morgan fingerprint density at radius 3 is 2.27 bits per heavy atom. The average molecular weight is 230 g/mol. The molecule has 0 heterocycles. The maximum absolute atomic E-state index is 11.4. The zero-order chi connectivity index (χ0) is 11.5. The molecule has 0 spiro atoms. The van der Waals surface area contributed by atoms with E-state index >= 15 is 0 Å². The molecule has 0 saturated carbocycles. The number of sulfonamides is 1. The topological polar surface area (TPSA) is 89.3 Å². The van der Waals surface area contributed by atoms with Crippen molar-refractivity contribution in [2.75, 3.05) is 6.54 Å². The Bertz CT molecular complexity index is 452. The largest absolute Gasteiger partial charge is 0.269 e. The van der Waals surface area contributed by atoms with Crippen molar-refractivity contribution in [3.8, 4) is 0 Å². The fraction of sp³-hybridized carbons (Fsp3) is 0.250. The minimum atomic E-state index is -3.53. The first-order valence-corrected chi connectivity index (χ1v) is 5.70. The Hall–Kier alpha value is -1.47. The lowest BCUT2D eigenvalue weighted by Crippen LogP contribution is -2.22. The van der Waals surface area contributed by atoms with E-state index in [1.807, 2.05) is 0 Å². The van der Waals surface area contributed by atoms with Crippen LogP contribution < -0.4 is 4.72 Å². The Kier molecular flexibility index (Phi) is 3.38. The van der Waals surface area contributed by atoms with E-state index in [0.717, 1.165) is 12.1 Å². The van der Waals surface area contributed by atoms with Crippen LogP contribution in [0.25, 0.3) is 0 Å². The van der Waals surface area contributed by atoms with Gasteiger partial charge in [0, 0.05) is 18.7 Å². The van der Waals surface area contributed by atoms with E-state index in [0.29, 0.717) is 0 Å². The van der Waals surface area contributed by atoms with E-state index in [1.165, 1.54) is 12.1 Å². The fourth-order valence-electron chi connectivity index (χ4n) is 1.02. The summed E-state index contributed by atoms with van der Waals surface area (Å²) in [5, 5.41) is 10.3. The summed E-state index contributed by atoms with van der Waals surface area (Å²) < 4.78 is 25.2. The van der Waals surface area contributed by atoms with Gasteiger partial charge in [0.1, 0.15) is 0 Å². The van der Waals surface area contributed by atoms with Crippen LogP contribution >= 0.6 is 0 Å². The third-order valence-electron chi connectivity index (χ3n) is 1.69. The summed E-state index contributed by atoms with van der Waals surface area (Å²) in [4.78, 5) is 9.77. The predicted molar refractivity (Wildman–Crippen MR) is 54.0 cm³/mol. The third kappa shape index (κ3) is 2.74. The van der Waals surface area contributed by atoms with Crippen LogP contribution in [0.1, 0.15) is 6.92 Å².